The highest BCUT2D eigenvalue weighted by molar-refractivity contribution is 7.79. The molecule has 58 valence electrons. The van der Waals surface area contributed by atoms with Gasteiger partial charge in [0.25, 0.3) is 0 Å². The Bertz CT molecular complexity index is 157. The molecule has 1 amide bonds. The molecule has 0 spiro atoms. The van der Waals surface area contributed by atoms with E-state index in [1.54, 1.807) is 0 Å². The van der Waals surface area contributed by atoms with Crippen LogP contribution in [-0.4, -0.2) is 27.0 Å². The van der Waals surface area contributed by atoms with E-state index >= 15 is 0 Å². The summed E-state index contributed by atoms with van der Waals surface area (Å²) in [5.41, 5.74) is 0. The molecule has 1 N–H and O–H groups in total. The second-order valence-corrected chi connectivity index (χ2v) is 2.52. The molecule has 0 fully saturated rings. The van der Waals surface area contributed by atoms with Gasteiger partial charge in [-0.15, -0.1) is 0 Å². The largest absolute Gasteiger partial charge is 0.772 e. The molecule has 0 radical (unpaired) electrons. The van der Waals surface area contributed by atoms with Crippen molar-refractivity contribution in [2.24, 2.45) is 0 Å². The van der Waals surface area contributed by atoms with Gasteiger partial charge in [0.15, 0.2) is 0 Å². The lowest BCUT2D eigenvalue weighted by Gasteiger charge is -2.03. The highest BCUT2D eigenvalue weighted by atomic mass is 32.2. The lowest BCUT2D eigenvalue weighted by Crippen LogP contribution is -2.25. The van der Waals surface area contributed by atoms with Gasteiger partial charge >= 0.3 is 0 Å². The molecule has 4 nitrogen and oxygen atoms in total. The molecule has 10 heavy (non-hydrogen) atoms. The Morgan fingerprint density at radius 1 is 1.80 bits per heavy atom. The Hall–Kier alpha value is -0.680. The smallest absolute Gasteiger partial charge is 0.243 e. The van der Waals surface area contributed by atoms with Gasteiger partial charge in [-0.25, -0.2) is 0 Å². The number of amides is 1. The van der Waals surface area contributed by atoms with Crippen LogP contribution >= 0.6 is 0 Å². The standard InChI is InChI=1S/C5H9NO3S/c1-2-5(7)6-3-4-10(8)9/h2H,1,3-4H2,(H,6,7)(H,8,9)/p-1. The number of hydrogen-bond donors (Lipinski definition) is 1. The summed E-state index contributed by atoms with van der Waals surface area (Å²) in [6, 6.07) is 0. The van der Waals surface area contributed by atoms with Gasteiger partial charge in [-0.3, -0.25) is 9.00 Å². The van der Waals surface area contributed by atoms with Gasteiger partial charge in [0.1, 0.15) is 0 Å². The maximum atomic E-state index is 10.4. The predicted octanol–water partition coefficient (Wildman–Crippen LogP) is -0.832. The van der Waals surface area contributed by atoms with E-state index in [1.807, 2.05) is 0 Å². The lowest BCUT2D eigenvalue weighted by atomic mass is 10.6. The number of carbonyl (C=O) groups is 1. The van der Waals surface area contributed by atoms with E-state index in [4.69, 9.17) is 0 Å². The summed E-state index contributed by atoms with van der Waals surface area (Å²) < 4.78 is 19.8. The van der Waals surface area contributed by atoms with Gasteiger partial charge in [-0.05, 0) is 6.08 Å². The molecule has 0 saturated carbocycles. The molecule has 0 saturated heterocycles. The van der Waals surface area contributed by atoms with Crippen molar-refractivity contribution >= 4 is 17.0 Å². The minimum absolute atomic E-state index is 0.0560. The van der Waals surface area contributed by atoms with Crippen molar-refractivity contribution in [1.82, 2.24) is 5.32 Å². The van der Waals surface area contributed by atoms with Gasteiger partial charge < -0.3 is 9.87 Å². The van der Waals surface area contributed by atoms with Crippen LogP contribution in [0, 0.1) is 0 Å². The summed E-state index contributed by atoms with van der Waals surface area (Å²) in [4.78, 5) is 10.4. The molecule has 0 bridgehead atoms. The highest BCUT2D eigenvalue weighted by Gasteiger charge is 1.90. The SMILES string of the molecule is C=CC(=O)NCCS(=O)[O-]. The number of carbonyl (C=O) groups excluding carboxylic acids is 1. The van der Waals surface area contributed by atoms with Crippen molar-refractivity contribution in [3.63, 3.8) is 0 Å². The summed E-state index contributed by atoms with van der Waals surface area (Å²) in [6.45, 7) is 3.33. The van der Waals surface area contributed by atoms with Crippen LogP contribution < -0.4 is 5.32 Å². The summed E-state index contributed by atoms with van der Waals surface area (Å²) in [6.07, 6.45) is 1.09. The number of nitrogens with one attached hydrogen (secondary N) is 1. The van der Waals surface area contributed by atoms with Gasteiger partial charge in [-0.2, -0.15) is 0 Å². The van der Waals surface area contributed by atoms with Crippen molar-refractivity contribution in [3.05, 3.63) is 12.7 Å². The van der Waals surface area contributed by atoms with E-state index in [0.29, 0.717) is 0 Å². The molecule has 0 aliphatic carbocycles. The fourth-order valence-electron chi connectivity index (χ4n) is 0.330. The molecular weight excluding hydrogens is 154 g/mol. The van der Waals surface area contributed by atoms with E-state index in [9.17, 15) is 13.6 Å². The van der Waals surface area contributed by atoms with Crippen molar-refractivity contribution < 1.29 is 13.6 Å². The van der Waals surface area contributed by atoms with Gasteiger partial charge in [0.05, 0.1) is 0 Å². The third-order valence-corrected chi connectivity index (χ3v) is 1.29. The first-order valence-electron chi connectivity index (χ1n) is 2.63. The lowest BCUT2D eigenvalue weighted by molar-refractivity contribution is -0.116. The summed E-state index contributed by atoms with van der Waals surface area (Å²) in [7, 11) is 0. The zero-order chi connectivity index (χ0) is 7.98. The average molecular weight is 162 g/mol. The third kappa shape index (κ3) is 5.46. The summed E-state index contributed by atoms with van der Waals surface area (Å²) in [5.74, 6) is -0.412. The van der Waals surface area contributed by atoms with E-state index in [0.717, 1.165) is 6.08 Å². The molecule has 0 aliphatic heterocycles. The van der Waals surface area contributed by atoms with Crippen molar-refractivity contribution in [1.29, 1.82) is 0 Å². The zero-order valence-corrected chi connectivity index (χ0v) is 6.15. The quantitative estimate of drug-likeness (QED) is 0.433. The second kappa shape index (κ2) is 5.13. The average Bonchev–Trinajstić information content (AvgIpc) is 1.87. The molecule has 0 heterocycles. The van der Waals surface area contributed by atoms with E-state index in [2.05, 4.69) is 11.9 Å². The maximum absolute atomic E-state index is 10.4. The molecular formula is C5H8NO3S-. The topological polar surface area (TPSA) is 69.2 Å². The Kier molecular flexibility index (Phi) is 4.78. The van der Waals surface area contributed by atoms with Crippen molar-refractivity contribution in [3.8, 4) is 0 Å². The molecule has 1 unspecified atom stereocenters. The van der Waals surface area contributed by atoms with Crippen molar-refractivity contribution in [2.45, 2.75) is 0 Å². The Morgan fingerprint density at radius 2 is 2.40 bits per heavy atom. The maximum Gasteiger partial charge on any atom is 0.243 e. The molecule has 0 rings (SSSR count). The van der Waals surface area contributed by atoms with Crippen molar-refractivity contribution in [2.75, 3.05) is 12.3 Å². The molecule has 1 atom stereocenters. The van der Waals surface area contributed by atoms with Gasteiger partial charge in [0.2, 0.25) is 5.91 Å². The zero-order valence-electron chi connectivity index (χ0n) is 5.33. The van der Waals surface area contributed by atoms with E-state index in [-0.39, 0.29) is 18.2 Å². The van der Waals surface area contributed by atoms with Crippen LogP contribution in [0.2, 0.25) is 0 Å². The van der Waals surface area contributed by atoms with Crippen LogP contribution in [-0.2, 0) is 15.9 Å². The number of hydrogen-bond acceptors (Lipinski definition) is 3. The van der Waals surface area contributed by atoms with E-state index < -0.39 is 11.1 Å². The van der Waals surface area contributed by atoms with E-state index in [1.165, 1.54) is 0 Å². The normalized spacial score (nSPS) is 12.1. The highest BCUT2D eigenvalue weighted by Crippen LogP contribution is 1.71. The van der Waals surface area contributed by atoms with Gasteiger partial charge in [0, 0.05) is 12.3 Å². The molecule has 0 aliphatic rings. The first-order chi connectivity index (χ1) is 4.66. The first kappa shape index (κ1) is 9.32. The van der Waals surface area contributed by atoms with Crippen LogP contribution in [0.15, 0.2) is 12.7 Å². The Balaban J connectivity index is 3.28. The minimum Gasteiger partial charge on any atom is -0.772 e. The number of rotatable bonds is 4. The molecule has 0 aromatic carbocycles. The fraction of sp³-hybridized carbons (Fsp3) is 0.400. The monoisotopic (exact) mass is 162 g/mol. The Morgan fingerprint density at radius 3 is 2.80 bits per heavy atom. The molecule has 0 aromatic rings. The van der Waals surface area contributed by atoms with Crippen LogP contribution in [0.1, 0.15) is 0 Å². The summed E-state index contributed by atoms with van der Waals surface area (Å²) >= 11 is -2.08. The first-order valence-corrected chi connectivity index (χ1v) is 3.87. The van der Waals surface area contributed by atoms with Crippen LogP contribution in [0.25, 0.3) is 0 Å². The second-order valence-electron chi connectivity index (χ2n) is 1.50. The van der Waals surface area contributed by atoms with Crippen LogP contribution in [0.4, 0.5) is 0 Å². The third-order valence-electron chi connectivity index (χ3n) is 0.753. The fourth-order valence-corrected chi connectivity index (χ4v) is 0.598. The van der Waals surface area contributed by atoms with Crippen LogP contribution in [0.5, 0.6) is 0 Å². The minimum atomic E-state index is -2.08. The van der Waals surface area contributed by atoms with Gasteiger partial charge in [-0.1, -0.05) is 17.7 Å². The molecule has 0 aromatic heterocycles. The predicted molar refractivity (Wildman–Crippen MR) is 37.0 cm³/mol. The molecule has 5 heteroatoms. The Labute approximate surface area is 61.6 Å². The van der Waals surface area contributed by atoms with Crippen LogP contribution in [0.3, 0.4) is 0 Å². The summed E-state index contributed by atoms with van der Waals surface area (Å²) in [5, 5.41) is 2.31.